The van der Waals surface area contributed by atoms with Gasteiger partial charge in [-0.2, -0.15) is 0 Å². The van der Waals surface area contributed by atoms with E-state index < -0.39 is 8.07 Å². The van der Waals surface area contributed by atoms with Gasteiger partial charge in [0.25, 0.3) is 5.56 Å². The fraction of sp³-hybridized carbons (Fsp3) is 0.444. The molecule has 114 valence electrons. The third kappa shape index (κ3) is 3.15. The van der Waals surface area contributed by atoms with E-state index in [1.54, 1.807) is 0 Å². The van der Waals surface area contributed by atoms with Gasteiger partial charge in [0.05, 0.1) is 10.9 Å². The summed E-state index contributed by atoms with van der Waals surface area (Å²) in [6.45, 7) is 7.48. The van der Waals surface area contributed by atoms with E-state index in [4.69, 9.17) is 4.98 Å². The van der Waals surface area contributed by atoms with Crippen LogP contribution in [0.4, 0.5) is 0 Å². The fourth-order valence-corrected chi connectivity index (χ4v) is 3.28. The zero-order chi connectivity index (χ0) is 15.7. The first-order valence-electron chi connectivity index (χ1n) is 8.01. The standard InChI is InChI=1S/C18H22N2OSi/c1-22(2,3)12-10-14-8-9-15-16(13-14)19-17-7-5-4-6-11-20(17)18(15)21/h8-9,13H,4-7,11H2,1-3H3. The van der Waals surface area contributed by atoms with Crippen LogP contribution in [-0.4, -0.2) is 17.6 Å². The van der Waals surface area contributed by atoms with Gasteiger partial charge in [-0.3, -0.25) is 9.36 Å². The monoisotopic (exact) mass is 310 g/mol. The van der Waals surface area contributed by atoms with Gasteiger partial charge in [-0.25, -0.2) is 4.98 Å². The molecule has 0 saturated heterocycles. The van der Waals surface area contributed by atoms with Crippen LogP contribution < -0.4 is 5.56 Å². The van der Waals surface area contributed by atoms with Gasteiger partial charge in [0, 0.05) is 18.5 Å². The minimum atomic E-state index is -1.40. The molecule has 0 amide bonds. The van der Waals surface area contributed by atoms with Crippen LogP contribution in [0.15, 0.2) is 23.0 Å². The van der Waals surface area contributed by atoms with E-state index in [-0.39, 0.29) is 5.56 Å². The van der Waals surface area contributed by atoms with Gasteiger partial charge in [0.15, 0.2) is 0 Å². The molecule has 1 aliphatic rings. The topological polar surface area (TPSA) is 34.9 Å². The molecule has 2 heterocycles. The van der Waals surface area contributed by atoms with Gasteiger partial charge in [-0.15, -0.1) is 5.54 Å². The molecule has 4 heteroatoms. The summed E-state index contributed by atoms with van der Waals surface area (Å²) in [5.41, 5.74) is 5.22. The molecule has 0 radical (unpaired) electrons. The van der Waals surface area contributed by atoms with Crippen molar-refractivity contribution in [3.8, 4) is 11.5 Å². The molecular weight excluding hydrogens is 288 g/mol. The summed E-state index contributed by atoms with van der Waals surface area (Å²) in [6, 6.07) is 5.80. The van der Waals surface area contributed by atoms with Gasteiger partial charge in [-0.05, 0) is 31.0 Å². The van der Waals surface area contributed by atoms with E-state index in [2.05, 4.69) is 31.1 Å². The highest BCUT2D eigenvalue weighted by Gasteiger charge is 2.13. The van der Waals surface area contributed by atoms with Gasteiger partial charge >= 0.3 is 0 Å². The number of aromatic nitrogens is 2. The molecule has 0 unspecified atom stereocenters. The maximum absolute atomic E-state index is 12.6. The number of fused-ring (bicyclic) bond motifs is 2. The fourth-order valence-electron chi connectivity index (χ4n) is 2.76. The number of hydrogen-bond acceptors (Lipinski definition) is 2. The Morgan fingerprint density at radius 1 is 1.18 bits per heavy atom. The SMILES string of the molecule is C[Si](C)(C)C#Cc1ccc2c(=O)n3c(nc2c1)CCCCC3. The molecule has 22 heavy (non-hydrogen) atoms. The minimum Gasteiger partial charge on any atom is -0.296 e. The van der Waals surface area contributed by atoms with Crippen molar-refractivity contribution in [1.82, 2.24) is 9.55 Å². The van der Waals surface area contributed by atoms with Crippen LogP contribution in [0.2, 0.25) is 19.6 Å². The number of rotatable bonds is 0. The highest BCUT2D eigenvalue weighted by atomic mass is 28.3. The predicted octanol–water partition coefficient (Wildman–Crippen LogP) is 3.35. The highest BCUT2D eigenvalue weighted by Crippen LogP contribution is 2.16. The molecule has 0 aliphatic carbocycles. The molecule has 0 N–H and O–H groups in total. The Morgan fingerprint density at radius 2 is 2.00 bits per heavy atom. The van der Waals surface area contributed by atoms with Crippen molar-refractivity contribution >= 4 is 19.0 Å². The highest BCUT2D eigenvalue weighted by molar-refractivity contribution is 6.83. The van der Waals surface area contributed by atoms with E-state index >= 15 is 0 Å². The Labute approximate surface area is 132 Å². The summed E-state index contributed by atoms with van der Waals surface area (Å²) in [4.78, 5) is 17.4. The summed E-state index contributed by atoms with van der Waals surface area (Å²) in [5.74, 6) is 4.19. The summed E-state index contributed by atoms with van der Waals surface area (Å²) in [5, 5.41) is 0.712. The lowest BCUT2D eigenvalue weighted by Gasteiger charge is -2.10. The van der Waals surface area contributed by atoms with Crippen molar-refractivity contribution in [2.75, 3.05) is 0 Å². The smallest absolute Gasteiger partial charge is 0.261 e. The van der Waals surface area contributed by atoms with Crippen LogP contribution in [-0.2, 0) is 13.0 Å². The molecule has 0 fully saturated rings. The van der Waals surface area contributed by atoms with E-state index in [1.807, 2.05) is 22.8 Å². The second-order valence-corrected chi connectivity index (χ2v) is 11.8. The normalized spacial score (nSPS) is 14.9. The second kappa shape index (κ2) is 5.73. The van der Waals surface area contributed by atoms with E-state index in [0.717, 1.165) is 42.7 Å². The summed E-state index contributed by atoms with van der Waals surface area (Å²) in [6.07, 6.45) is 4.26. The molecule has 1 aromatic carbocycles. The third-order valence-corrected chi connectivity index (χ3v) is 4.77. The van der Waals surface area contributed by atoms with Crippen molar-refractivity contribution in [3.63, 3.8) is 0 Å². The third-order valence-electron chi connectivity index (χ3n) is 3.90. The Bertz CT molecular complexity index is 834. The molecule has 3 rings (SSSR count). The Kier molecular flexibility index (Phi) is 3.92. The molecule has 1 aliphatic heterocycles. The number of nitrogens with zero attached hydrogens (tertiary/aromatic N) is 2. The number of aryl methyl sites for hydroxylation is 1. The van der Waals surface area contributed by atoms with Gasteiger partial charge < -0.3 is 0 Å². The van der Waals surface area contributed by atoms with E-state index in [1.165, 1.54) is 6.42 Å². The average molecular weight is 310 g/mol. The van der Waals surface area contributed by atoms with Crippen molar-refractivity contribution in [3.05, 3.63) is 39.9 Å². The first-order valence-corrected chi connectivity index (χ1v) is 11.5. The first-order chi connectivity index (χ1) is 10.4. The predicted molar refractivity (Wildman–Crippen MR) is 93.8 cm³/mol. The quantitative estimate of drug-likeness (QED) is 0.552. The van der Waals surface area contributed by atoms with Crippen molar-refractivity contribution < 1.29 is 0 Å². The Hall–Kier alpha value is -1.86. The zero-order valence-electron chi connectivity index (χ0n) is 13.6. The number of benzene rings is 1. The molecule has 0 atom stereocenters. The van der Waals surface area contributed by atoms with Crippen molar-refractivity contribution in [2.24, 2.45) is 0 Å². The molecule has 3 nitrogen and oxygen atoms in total. The van der Waals surface area contributed by atoms with Crippen LogP contribution in [0.3, 0.4) is 0 Å². The number of hydrogen-bond donors (Lipinski definition) is 0. The summed E-state index contributed by atoms with van der Waals surface area (Å²) < 4.78 is 1.86. The van der Waals surface area contributed by atoms with Crippen LogP contribution in [0, 0.1) is 11.5 Å². The summed E-state index contributed by atoms with van der Waals surface area (Å²) in [7, 11) is -1.40. The van der Waals surface area contributed by atoms with E-state index in [0.29, 0.717) is 5.39 Å². The van der Waals surface area contributed by atoms with Crippen LogP contribution in [0.1, 0.15) is 30.7 Å². The van der Waals surface area contributed by atoms with Gasteiger partial charge in [0.1, 0.15) is 13.9 Å². The Balaban J connectivity index is 2.13. The van der Waals surface area contributed by atoms with E-state index in [9.17, 15) is 4.79 Å². The van der Waals surface area contributed by atoms with Crippen molar-refractivity contribution in [2.45, 2.75) is 51.9 Å². The molecule has 0 saturated carbocycles. The maximum atomic E-state index is 12.6. The first kappa shape index (κ1) is 15.0. The summed E-state index contributed by atoms with van der Waals surface area (Å²) >= 11 is 0. The molecule has 1 aromatic heterocycles. The molecular formula is C18H22N2OSi. The van der Waals surface area contributed by atoms with Crippen LogP contribution in [0.25, 0.3) is 10.9 Å². The second-order valence-electron chi connectivity index (χ2n) is 7.03. The Morgan fingerprint density at radius 3 is 2.77 bits per heavy atom. The molecule has 0 bridgehead atoms. The van der Waals surface area contributed by atoms with Gasteiger partial charge in [0.2, 0.25) is 0 Å². The lowest BCUT2D eigenvalue weighted by Crippen LogP contribution is -2.24. The zero-order valence-corrected chi connectivity index (χ0v) is 14.6. The molecule has 0 spiro atoms. The lowest BCUT2D eigenvalue weighted by atomic mass is 10.1. The maximum Gasteiger partial charge on any atom is 0.261 e. The lowest BCUT2D eigenvalue weighted by molar-refractivity contribution is 0.614. The van der Waals surface area contributed by atoms with Crippen LogP contribution in [0.5, 0.6) is 0 Å². The van der Waals surface area contributed by atoms with Crippen LogP contribution >= 0.6 is 0 Å². The largest absolute Gasteiger partial charge is 0.296 e. The average Bonchev–Trinajstić information content (AvgIpc) is 2.70. The molecule has 2 aromatic rings. The minimum absolute atomic E-state index is 0.103. The van der Waals surface area contributed by atoms with Gasteiger partial charge in [-0.1, -0.05) is 32.0 Å². The van der Waals surface area contributed by atoms with Crippen molar-refractivity contribution in [1.29, 1.82) is 0 Å².